The van der Waals surface area contributed by atoms with Gasteiger partial charge in [-0.05, 0) is 30.3 Å². The van der Waals surface area contributed by atoms with Gasteiger partial charge in [0.05, 0.1) is 0 Å². The topological polar surface area (TPSA) is 65.2 Å². The van der Waals surface area contributed by atoms with Crippen molar-refractivity contribution in [1.82, 2.24) is 4.98 Å². The maximum Gasteiger partial charge on any atom is 0.247 e. The predicted molar refractivity (Wildman–Crippen MR) is 59.7 cm³/mol. The summed E-state index contributed by atoms with van der Waals surface area (Å²) in [4.78, 5) is 13.8. The summed E-state index contributed by atoms with van der Waals surface area (Å²) in [6.07, 6.45) is 2.66. The summed E-state index contributed by atoms with van der Waals surface area (Å²) in [6.45, 7) is 0.679. The number of halogens is 1. The molecule has 0 fully saturated rings. The van der Waals surface area contributed by atoms with Crippen LogP contribution >= 0.6 is 11.6 Å². The second-order valence-electron chi connectivity index (χ2n) is 2.65. The quantitative estimate of drug-likeness (QED) is 0.784. The minimum absolute atomic E-state index is 0.00154. The third-order valence-electron chi connectivity index (χ3n) is 1.38. The summed E-state index contributed by atoms with van der Waals surface area (Å²) in [5.74, 6) is 0. The highest BCUT2D eigenvalue weighted by Gasteiger charge is 1.87. The van der Waals surface area contributed by atoms with Crippen LogP contribution in [0.1, 0.15) is 5.69 Å². The monoisotopic (exact) mass is 230 g/mol. The van der Waals surface area contributed by atoms with Gasteiger partial charge in [-0.1, -0.05) is 6.07 Å². The first-order valence-electron chi connectivity index (χ1n) is 4.48. The summed E-state index contributed by atoms with van der Waals surface area (Å²) in [6, 6.07) is 5.85. The van der Waals surface area contributed by atoms with E-state index in [-0.39, 0.29) is 6.61 Å². The number of aromatic nitrogens is 1. The Hall–Kier alpha value is -0.970. The van der Waals surface area contributed by atoms with E-state index in [1.165, 1.54) is 7.11 Å². The van der Waals surface area contributed by atoms with Gasteiger partial charge in [0, 0.05) is 25.4 Å². The van der Waals surface area contributed by atoms with Gasteiger partial charge in [0.25, 0.3) is 0 Å². The molecule has 0 spiro atoms. The molecule has 0 amide bonds. The zero-order valence-electron chi connectivity index (χ0n) is 8.65. The van der Waals surface area contributed by atoms with Gasteiger partial charge in [0.15, 0.2) is 0 Å². The number of pyridine rings is 1. The molecule has 4 nitrogen and oxygen atoms in total. The fraction of sp³-hybridized carbons (Fsp3) is 0.400. The van der Waals surface area contributed by atoms with Crippen LogP contribution < -0.4 is 5.73 Å². The van der Waals surface area contributed by atoms with E-state index in [4.69, 9.17) is 17.3 Å². The lowest BCUT2D eigenvalue weighted by Crippen LogP contribution is -2.03. The second kappa shape index (κ2) is 9.58. The highest BCUT2D eigenvalue weighted by Crippen LogP contribution is 1.91. The first kappa shape index (κ1) is 14.0. The number of carbonyl (C=O) groups excluding carboxylic acids is 1. The largest absolute Gasteiger partial charge is 0.376 e. The highest BCUT2D eigenvalue weighted by molar-refractivity contribution is 6.63. The molecule has 0 saturated carbocycles. The Bertz CT molecular complexity index is 267. The van der Waals surface area contributed by atoms with Gasteiger partial charge < -0.3 is 10.5 Å². The lowest BCUT2D eigenvalue weighted by molar-refractivity contribution is -0.114. The molecule has 1 aromatic heterocycles. The van der Waals surface area contributed by atoms with Crippen LogP contribution in [0, 0.1) is 0 Å². The van der Waals surface area contributed by atoms with Gasteiger partial charge >= 0.3 is 0 Å². The van der Waals surface area contributed by atoms with Crippen LogP contribution in [0.4, 0.5) is 0 Å². The summed E-state index contributed by atoms with van der Waals surface area (Å²) < 4.78 is 4.32. The molecule has 0 aliphatic heterocycles. The third kappa shape index (κ3) is 9.34. The van der Waals surface area contributed by atoms with Crippen molar-refractivity contribution in [3.63, 3.8) is 0 Å². The lowest BCUT2D eigenvalue weighted by Gasteiger charge is -1.92. The number of nitrogens with zero attached hydrogens (tertiary/aromatic N) is 1. The van der Waals surface area contributed by atoms with E-state index in [1.807, 2.05) is 18.2 Å². The minimum Gasteiger partial charge on any atom is -0.376 e. The smallest absolute Gasteiger partial charge is 0.247 e. The summed E-state index contributed by atoms with van der Waals surface area (Å²) in [5.41, 5.74) is 6.39. The number of nitrogens with two attached hydrogens (primary N) is 1. The average molecular weight is 231 g/mol. The van der Waals surface area contributed by atoms with Gasteiger partial charge in [-0.25, -0.2) is 0 Å². The number of hydrogen-bond acceptors (Lipinski definition) is 4. The van der Waals surface area contributed by atoms with Crippen molar-refractivity contribution < 1.29 is 9.53 Å². The van der Waals surface area contributed by atoms with Crippen molar-refractivity contribution in [3.8, 4) is 0 Å². The Morgan fingerprint density at radius 3 is 2.67 bits per heavy atom. The molecule has 1 aromatic rings. The molecule has 84 valence electrons. The fourth-order valence-corrected chi connectivity index (χ4v) is 0.916. The molecule has 1 rings (SSSR count). The van der Waals surface area contributed by atoms with Crippen LogP contribution in [-0.4, -0.2) is 30.5 Å². The maximum absolute atomic E-state index is 9.68. The molecule has 0 aliphatic carbocycles. The predicted octanol–water partition coefficient (Wildman–Crippen LogP) is 0.981. The van der Waals surface area contributed by atoms with E-state index in [1.54, 1.807) is 6.20 Å². The molecule has 0 bridgehead atoms. The molecule has 15 heavy (non-hydrogen) atoms. The molecule has 0 radical (unpaired) electrons. The van der Waals surface area contributed by atoms with Crippen LogP contribution in [0.15, 0.2) is 24.4 Å². The molecular weight excluding hydrogens is 216 g/mol. The normalized spacial score (nSPS) is 9.00. The van der Waals surface area contributed by atoms with Crippen molar-refractivity contribution in [1.29, 1.82) is 0 Å². The van der Waals surface area contributed by atoms with Crippen molar-refractivity contribution in [2.75, 3.05) is 20.3 Å². The zero-order chi connectivity index (χ0) is 11.5. The standard InChI is InChI=1S/C7H10N2.C3H5ClO2/c8-5-4-7-3-1-2-6-9-7;1-6-2-3(4)5/h1-3,6H,4-5,8H2;2H2,1H3. The van der Waals surface area contributed by atoms with Crippen molar-refractivity contribution in [2.24, 2.45) is 5.73 Å². The zero-order valence-corrected chi connectivity index (χ0v) is 9.41. The Morgan fingerprint density at radius 2 is 2.33 bits per heavy atom. The molecule has 0 atom stereocenters. The van der Waals surface area contributed by atoms with E-state index in [0.717, 1.165) is 12.1 Å². The highest BCUT2D eigenvalue weighted by atomic mass is 35.5. The maximum atomic E-state index is 9.68. The van der Waals surface area contributed by atoms with Gasteiger partial charge in [0.2, 0.25) is 5.24 Å². The Kier molecular flexibility index (Phi) is 8.96. The number of ether oxygens (including phenoxy) is 1. The van der Waals surface area contributed by atoms with E-state index in [0.29, 0.717) is 6.54 Å². The molecule has 0 saturated heterocycles. The van der Waals surface area contributed by atoms with E-state index >= 15 is 0 Å². The fourth-order valence-electron chi connectivity index (χ4n) is 0.807. The summed E-state index contributed by atoms with van der Waals surface area (Å²) in [5, 5.41) is -0.461. The molecule has 0 aliphatic rings. The summed E-state index contributed by atoms with van der Waals surface area (Å²) >= 11 is 4.81. The number of hydrogen-bond donors (Lipinski definition) is 1. The van der Waals surface area contributed by atoms with Crippen molar-refractivity contribution in [3.05, 3.63) is 30.1 Å². The van der Waals surface area contributed by atoms with Gasteiger partial charge in [-0.3, -0.25) is 9.78 Å². The van der Waals surface area contributed by atoms with Gasteiger partial charge in [0.1, 0.15) is 6.61 Å². The molecular formula is C10H15ClN2O2. The van der Waals surface area contributed by atoms with Crippen molar-refractivity contribution in [2.45, 2.75) is 6.42 Å². The molecule has 0 unspecified atom stereocenters. The van der Waals surface area contributed by atoms with Gasteiger partial charge in [-0.15, -0.1) is 0 Å². The van der Waals surface area contributed by atoms with Crippen LogP contribution in [0.5, 0.6) is 0 Å². The van der Waals surface area contributed by atoms with Gasteiger partial charge in [-0.2, -0.15) is 0 Å². The van der Waals surface area contributed by atoms with Crippen LogP contribution in [0.2, 0.25) is 0 Å². The first-order valence-corrected chi connectivity index (χ1v) is 4.85. The minimum atomic E-state index is -0.461. The molecule has 2 N–H and O–H groups in total. The molecule has 5 heteroatoms. The lowest BCUT2D eigenvalue weighted by atomic mass is 10.3. The number of rotatable bonds is 4. The Balaban J connectivity index is 0.000000288. The first-order chi connectivity index (χ1) is 7.20. The van der Waals surface area contributed by atoms with Crippen molar-refractivity contribution >= 4 is 16.8 Å². The molecule has 0 aromatic carbocycles. The SMILES string of the molecule is COCC(=O)Cl.NCCc1ccccn1. The number of methoxy groups -OCH3 is 1. The van der Waals surface area contributed by atoms with Crippen LogP contribution in [-0.2, 0) is 16.0 Å². The second-order valence-corrected chi connectivity index (χ2v) is 3.07. The van der Waals surface area contributed by atoms with E-state index < -0.39 is 5.24 Å². The van der Waals surface area contributed by atoms with Crippen LogP contribution in [0.3, 0.4) is 0 Å². The van der Waals surface area contributed by atoms with Crippen LogP contribution in [0.25, 0.3) is 0 Å². The Labute approximate surface area is 94.4 Å². The summed E-state index contributed by atoms with van der Waals surface area (Å²) in [7, 11) is 1.42. The number of carbonyl (C=O) groups is 1. The Morgan fingerprint density at radius 1 is 1.60 bits per heavy atom. The van der Waals surface area contributed by atoms with E-state index in [9.17, 15) is 4.79 Å². The average Bonchev–Trinajstić information content (AvgIpc) is 2.20. The van der Waals surface area contributed by atoms with E-state index in [2.05, 4.69) is 9.72 Å². The third-order valence-corrected chi connectivity index (χ3v) is 1.49. The molecule has 1 heterocycles.